The molecule has 0 unspecified atom stereocenters. The minimum Gasteiger partial charge on any atom is -0.619 e. The largest absolute Gasteiger partial charge is 0.619 e. The van der Waals surface area contributed by atoms with Gasteiger partial charge in [-0.25, -0.2) is 4.63 Å². The SMILES string of the molecule is [O-][N+]1=C2CCc3nonc3[C@@H]2[C@@H]2CCC[C@]21[NH+]1CCOCC1. The summed E-state index contributed by atoms with van der Waals surface area (Å²) in [7, 11) is 0. The highest BCUT2D eigenvalue weighted by Gasteiger charge is 2.69. The molecule has 3 heterocycles. The molecular weight excluding hydrogens is 284 g/mol. The number of rotatable bonds is 1. The smallest absolute Gasteiger partial charge is 0.300 e. The van der Waals surface area contributed by atoms with Crippen LogP contribution in [-0.4, -0.2) is 52.7 Å². The molecule has 1 aromatic rings. The Morgan fingerprint density at radius 3 is 2.95 bits per heavy atom. The first-order valence-corrected chi connectivity index (χ1v) is 8.39. The van der Waals surface area contributed by atoms with Crippen LogP contribution in [0.25, 0.3) is 0 Å². The van der Waals surface area contributed by atoms with E-state index in [1.165, 1.54) is 9.64 Å². The number of fused-ring (bicyclic) bond motifs is 5. The third kappa shape index (κ3) is 1.46. The van der Waals surface area contributed by atoms with Gasteiger partial charge in [-0.2, -0.15) is 4.74 Å². The Morgan fingerprint density at radius 1 is 1.23 bits per heavy atom. The Kier molecular flexibility index (Phi) is 2.67. The second kappa shape index (κ2) is 4.52. The van der Waals surface area contributed by atoms with Crippen molar-refractivity contribution >= 4 is 5.71 Å². The highest BCUT2D eigenvalue weighted by Crippen LogP contribution is 2.50. The number of quaternary nitrogens is 1. The summed E-state index contributed by atoms with van der Waals surface area (Å²) in [6.07, 6.45) is 4.79. The van der Waals surface area contributed by atoms with Gasteiger partial charge < -0.3 is 9.94 Å². The van der Waals surface area contributed by atoms with Crippen molar-refractivity contribution in [3.05, 3.63) is 16.6 Å². The Balaban J connectivity index is 1.63. The van der Waals surface area contributed by atoms with E-state index >= 15 is 0 Å². The van der Waals surface area contributed by atoms with Gasteiger partial charge in [0, 0.05) is 12.8 Å². The molecule has 22 heavy (non-hydrogen) atoms. The molecule has 1 saturated heterocycles. The summed E-state index contributed by atoms with van der Waals surface area (Å²) in [6, 6.07) is 0. The summed E-state index contributed by atoms with van der Waals surface area (Å²) in [4.78, 5) is 1.41. The summed E-state index contributed by atoms with van der Waals surface area (Å²) in [5.41, 5.74) is 2.61. The van der Waals surface area contributed by atoms with Gasteiger partial charge in [-0.15, -0.1) is 0 Å². The van der Waals surface area contributed by atoms with E-state index in [4.69, 9.17) is 9.37 Å². The Hall–Kier alpha value is -1.47. The fourth-order valence-electron chi connectivity index (χ4n) is 5.43. The molecular formula is C15H21N4O3+. The van der Waals surface area contributed by atoms with Gasteiger partial charge in [0.05, 0.1) is 25.6 Å². The standard InChI is InChI=1S/C15H20N4O3/c20-19-12-4-3-11-14(17-22-16-11)13(12)10-2-1-5-15(10,19)18-6-8-21-9-7-18/h10,13H,1-9H2/p+1/t10-,13+,15+/m0/s1. The van der Waals surface area contributed by atoms with E-state index < -0.39 is 0 Å². The molecule has 0 bridgehead atoms. The molecule has 0 spiro atoms. The number of aromatic nitrogens is 2. The van der Waals surface area contributed by atoms with Crippen LogP contribution in [0.4, 0.5) is 0 Å². The Morgan fingerprint density at radius 2 is 2.09 bits per heavy atom. The topological polar surface area (TPSA) is 78.7 Å². The molecule has 4 aliphatic rings. The van der Waals surface area contributed by atoms with Crippen LogP contribution in [0.15, 0.2) is 4.63 Å². The maximum absolute atomic E-state index is 13.3. The summed E-state index contributed by atoms with van der Waals surface area (Å²) in [5, 5.41) is 21.5. The first kappa shape index (κ1) is 13.0. The van der Waals surface area contributed by atoms with Crippen molar-refractivity contribution in [3.8, 4) is 0 Å². The molecule has 2 aliphatic heterocycles. The van der Waals surface area contributed by atoms with Crippen molar-refractivity contribution in [2.24, 2.45) is 5.92 Å². The van der Waals surface area contributed by atoms with Crippen LogP contribution in [0.3, 0.4) is 0 Å². The minimum absolute atomic E-state index is 0.130. The van der Waals surface area contributed by atoms with Crippen LogP contribution in [-0.2, 0) is 11.2 Å². The predicted octanol–water partition coefficient (Wildman–Crippen LogP) is -0.524. The van der Waals surface area contributed by atoms with Crippen molar-refractivity contribution < 1.29 is 19.0 Å². The lowest BCUT2D eigenvalue weighted by Gasteiger charge is -2.38. The highest BCUT2D eigenvalue weighted by atomic mass is 16.6. The summed E-state index contributed by atoms with van der Waals surface area (Å²) in [6.45, 7) is 3.38. The molecule has 2 fully saturated rings. The fraction of sp³-hybridized carbons (Fsp3) is 0.800. The molecule has 2 aliphatic carbocycles. The number of hydrogen-bond acceptors (Lipinski definition) is 5. The third-order valence-corrected chi connectivity index (χ3v) is 6.28. The zero-order valence-electron chi connectivity index (χ0n) is 12.6. The van der Waals surface area contributed by atoms with Crippen molar-refractivity contribution in [1.82, 2.24) is 10.3 Å². The van der Waals surface area contributed by atoms with Crippen molar-refractivity contribution in [1.29, 1.82) is 0 Å². The summed E-state index contributed by atoms with van der Waals surface area (Å²) < 4.78 is 11.9. The Bertz CT molecular complexity index is 636. The van der Waals surface area contributed by atoms with E-state index in [9.17, 15) is 5.21 Å². The molecule has 7 nitrogen and oxygen atoms in total. The Labute approximate surface area is 128 Å². The van der Waals surface area contributed by atoms with Gasteiger partial charge in [0.25, 0.3) is 0 Å². The second-order valence-electron chi connectivity index (χ2n) is 7.00. The molecule has 7 heteroatoms. The molecule has 0 amide bonds. The zero-order valence-corrected chi connectivity index (χ0v) is 12.6. The summed E-state index contributed by atoms with van der Waals surface area (Å²) in [5.74, 6) is 0.476. The first-order valence-electron chi connectivity index (χ1n) is 8.39. The van der Waals surface area contributed by atoms with Crippen LogP contribution in [0.1, 0.15) is 43.0 Å². The lowest BCUT2D eigenvalue weighted by atomic mass is 9.77. The van der Waals surface area contributed by atoms with Gasteiger partial charge in [0.2, 0.25) is 0 Å². The van der Waals surface area contributed by atoms with E-state index in [2.05, 4.69) is 10.3 Å². The van der Waals surface area contributed by atoms with Crippen molar-refractivity contribution in [3.63, 3.8) is 0 Å². The quantitative estimate of drug-likeness (QED) is 0.558. The summed E-state index contributed by atoms with van der Waals surface area (Å²) >= 11 is 0. The van der Waals surface area contributed by atoms with E-state index in [1.807, 2.05) is 0 Å². The fourth-order valence-corrected chi connectivity index (χ4v) is 5.43. The third-order valence-electron chi connectivity index (χ3n) is 6.28. The lowest BCUT2D eigenvalue weighted by Crippen LogP contribution is -3.23. The van der Waals surface area contributed by atoms with Crippen LogP contribution >= 0.6 is 0 Å². The monoisotopic (exact) mass is 305 g/mol. The van der Waals surface area contributed by atoms with Crippen molar-refractivity contribution in [2.75, 3.05) is 26.3 Å². The van der Waals surface area contributed by atoms with E-state index in [-0.39, 0.29) is 11.6 Å². The highest BCUT2D eigenvalue weighted by molar-refractivity contribution is 5.90. The molecule has 0 aromatic carbocycles. The number of morpholine rings is 1. The molecule has 1 N–H and O–H groups in total. The maximum atomic E-state index is 13.3. The first-order chi connectivity index (χ1) is 10.8. The number of hydrogen-bond donors (Lipinski definition) is 1. The van der Waals surface area contributed by atoms with Gasteiger partial charge in [-0.1, -0.05) is 10.3 Å². The number of nitrogens with zero attached hydrogens (tertiary/aromatic N) is 3. The maximum Gasteiger partial charge on any atom is 0.300 e. The zero-order chi connectivity index (χ0) is 14.7. The second-order valence-corrected chi connectivity index (χ2v) is 7.00. The van der Waals surface area contributed by atoms with Crippen LogP contribution < -0.4 is 4.90 Å². The van der Waals surface area contributed by atoms with Gasteiger partial charge >= 0.3 is 5.66 Å². The number of aryl methyl sites for hydroxylation is 1. The number of nitrogens with one attached hydrogen (secondary N) is 1. The van der Waals surface area contributed by atoms with E-state index in [0.29, 0.717) is 5.92 Å². The van der Waals surface area contributed by atoms with Crippen LogP contribution in [0, 0.1) is 11.1 Å². The lowest BCUT2D eigenvalue weighted by molar-refractivity contribution is -1.04. The molecule has 0 radical (unpaired) electrons. The normalized spacial score (nSPS) is 38.0. The van der Waals surface area contributed by atoms with Gasteiger partial charge in [0.15, 0.2) is 5.71 Å². The number of hydroxylamine groups is 1. The molecule has 3 atom stereocenters. The molecule has 5 rings (SSSR count). The van der Waals surface area contributed by atoms with E-state index in [0.717, 1.165) is 75.5 Å². The average Bonchev–Trinajstić information content (AvgIpc) is 3.24. The predicted molar refractivity (Wildman–Crippen MR) is 75.6 cm³/mol. The van der Waals surface area contributed by atoms with Crippen molar-refractivity contribution in [2.45, 2.75) is 43.7 Å². The molecule has 1 aromatic heterocycles. The van der Waals surface area contributed by atoms with Gasteiger partial charge in [-0.3, -0.25) is 4.90 Å². The van der Waals surface area contributed by atoms with Gasteiger partial charge in [-0.05, 0) is 12.8 Å². The molecule has 118 valence electrons. The number of ether oxygens (including phenoxy) is 1. The van der Waals surface area contributed by atoms with Gasteiger partial charge in [0.1, 0.15) is 30.4 Å². The average molecular weight is 305 g/mol. The minimum atomic E-state index is -0.301. The van der Waals surface area contributed by atoms with Crippen LogP contribution in [0.2, 0.25) is 0 Å². The van der Waals surface area contributed by atoms with E-state index in [1.54, 1.807) is 0 Å². The van der Waals surface area contributed by atoms with Crippen LogP contribution in [0.5, 0.6) is 0 Å². The molecule has 1 saturated carbocycles.